The van der Waals surface area contributed by atoms with Gasteiger partial charge in [0.15, 0.2) is 0 Å². The highest BCUT2D eigenvalue weighted by atomic mass is 19.1. The summed E-state index contributed by atoms with van der Waals surface area (Å²) < 4.78 is 13.0. The van der Waals surface area contributed by atoms with Crippen LogP contribution in [0.25, 0.3) is 0 Å². The summed E-state index contributed by atoms with van der Waals surface area (Å²) in [5.74, 6) is -1.66. The van der Waals surface area contributed by atoms with E-state index in [9.17, 15) is 18.8 Å². The Morgan fingerprint density at radius 2 is 1.50 bits per heavy atom. The standard InChI is InChI=1S/C18H23FN4O3/c1-13(2)11-22-16(24)17(25)23(18(22)26)12-20-7-9-21(10-8-20)15-5-3-14(19)4-6-15/h3-6,13H,7-12H2,1-2H3. The molecular weight excluding hydrogens is 339 g/mol. The molecule has 0 unspecified atom stereocenters. The van der Waals surface area contributed by atoms with Gasteiger partial charge in [-0.05, 0) is 30.2 Å². The van der Waals surface area contributed by atoms with Crippen LogP contribution < -0.4 is 4.90 Å². The molecule has 0 N–H and O–H groups in total. The third-order valence-corrected chi connectivity index (χ3v) is 4.59. The lowest BCUT2D eigenvalue weighted by Gasteiger charge is -2.37. The number of imide groups is 2. The fourth-order valence-electron chi connectivity index (χ4n) is 3.20. The van der Waals surface area contributed by atoms with Gasteiger partial charge in [-0.3, -0.25) is 19.4 Å². The van der Waals surface area contributed by atoms with Crippen molar-refractivity contribution in [2.24, 2.45) is 5.92 Å². The van der Waals surface area contributed by atoms with Crippen molar-refractivity contribution in [3.8, 4) is 0 Å². The predicted molar refractivity (Wildman–Crippen MR) is 93.8 cm³/mol. The number of nitrogens with zero attached hydrogens (tertiary/aromatic N) is 4. The van der Waals surface area contributed by atoms with Crippen LogP contribution >= 0.6 is 0 Å². The zero-order valence-electron chi connectivity index (χ0n) is 15.0. The number of carbonyl (C=O) groups is 3. The van der Waals surface area contributed by atoms with Crippen LogP contribution in [-0.4, -0.2) is 71.9 Å². The summed E-state index contributed by atoms with van der Waals surface area (Å²) >= 11 is 0. The highest BCUT2D eigenvalue weighted by Gasteiger charge is 2.45. The van der Waals surface area contributed by atoms with E-state index in [1.165, 1.54) is 12.1 Å². The van der Waals surface area contributed by atoms with Gasteiger partial charge in [0.1, 0.15) is 5.82 Å². The van der Waals surface area contributed by atoms with Gasteiger partial charge in [-0.25, -0.2) is 14.1 Å². The van der Waals surface area contributed by atoms with Gasteiger partial charge in [-0.1, -0.05) is 13.8 Å². The van der Waals surface area contributed by atoms with Crippen molar-refractivity contribution in [2.75, 3.05) is 44.3 Å². The van der Waals surface area contributed by atoms with Crippen LogP contribution in [-0.2, 0) is 9.59 Å². The molecule has 2 fully saturated rings. The Hall–Kier alpha value is -2.48. The molecule has 0 aromatic heterocycles. The second-order valence-corrected chi connectivity index (χ2v) is 7.05. The molecule has 0 bridgehead atoms. The first kappa shape index (κ1) is 18.3. The molecule has 4 amide bonds. The summed E-state index contributed by atoms with van der Waals surface area (Å²) in [4.78, 5) is 42.7. The van der Waals surface area contributed by atoms with Crippen LogP contribution in [0.3, 0.4) is 0 Å². The number of hydrogen-bond acceptors (Lipinski definition) is 5. The number of halogens is 1. The van der Waals surface area contributed by atoms with E-state index >= 15 is 0 Å². The van der Waals surface area contributed by atoms with Crippen LogP contribution in [0.5, 0.6) is 0 Å². The highest BCUT2D eigenvalue weighted by molar-refractivity contribution is 6.44. The molecule has 1 aromatic rings. The average molecular weight is 362 g/mol. The number of amides is 4. The summed E-state index contributed by atoms with van der Waals surface area (Å²) in [6, 6.07) is 5.80. The molecule has 0 spiro atoms. The topological polar surface area (TPSA) is 64.2 Å². The van der Waals surface area contributed by atoms with Gasteiger partial charge >= 0.3 is 17.8 Å². The normalized spacial score (nSPS) is 19.2. The third kappa shape index (κ3) is 3.70. The largest absolute Gasteiger partial charge is 0.369 e. The lowest BCUT2D eigenvalue weighted by Crippen LogP contribution is -2.51. The quantitative estimate of drug-likeness (QED) is 0.584. The molecule has 1 aromatic carbocycles. The van der Waals surface area contributed by atoms with Gasteiger partial charge in [0.05, 0.1) is 6.67 Å². The Morgan fingerprint density at radius 1 is 0.923 bits per heavy atom. The maximum absolute atomic E-state index is 13.0. The summed E-state index contributed by atoms with van der Waals surface area (Å²) in [6.45, 7) is 6.84. The maximum Gasteiger partial charge on any atom is 0.335 e. The Morgan fingerprint density at radius 3 is 2.08 bits per heavy atom. The lowest BCUT2D eigenvalue weighted by molar-refractivity contribution is -0.144. The zero-order chi connectivity index (χ0) is 18.8. The van der Waals surface area contributed by atoms with E-state index in [1.54, 1.807) is 12.1 Å². The van der Waals surface area contributed by atoms with Crippen LogP contribution in [0.2, 0.25) is 0 Å². The van der Waals surface area contributed by atoms with Crippen molar-refractivity contribution in [1.29, 1.82) is 0 Å². The van der Waals surface area contributed by atoms with Gasteiger partial charge in [0.2, 0.25) is 0 Å². The monoisotopic (exact) mass is 362 g/mol. The van der Waals surface area contributed by atoms with Crippen molar-refractivity contribution in [3.05, 3.63) is 30.1 Å². The Labute approximate surface area is 151 Å². The second-order valence-electron chi connectivity index (χ2n) is 7.05. The van der Waals surface area contributed by atoms with Crippen molar-refractivity contribution in [2.45, 2.75) is 13.8 Å². The first-order valence-electron chi connectivity index (χ1n) is 8.77. The molecular formula is C18H23FN4O3. The van der Waals surface area contributed by atoms with Gasteiger partial charge in [0.25, 0.3) is 0 Å². The molecule has 0 aliphatic carbocycles. The molecule has 2 heterocycles. The predicted octanol–water partition coefficient (Wildman–Crippen LogP) is 1.35. The van der Waals surface area contributed by atoms with Gasteiger partial charge in [-0.2, -0.15) is 0 Å². The van der Waals surface area contributed by atoms with E-state index in [1.807, 2.05) is 18.7 Å². The molecule has 0 saturated carbocycles. The Kier molecular flexibility index (Phi) is 5.22. The molecule has 2 saturated heterocycles. The van der Waals surface area contributed by atoms with Crippen molar-refractivity contribution < 1.29 is 18.8 Å². The van der Waals surface area contributed by atoms with E-state index in [4.69, 9.17) is 0 Å². The minimum absolute atomic E-state index is 0.106. The van der Waals surface area contributed by atoms with Crippen LogP contribution in [0, 0.1) is 11.7 Å². The Balaban J connectivity index is 1.57. The minimum atomic E-state index is -0.753. The molecule has 26 heavy (non-hydrogen) atoms. The highest BCUT2D eigenvalue weighted by Crippen LogP contribution is 2.19. The molecule has 7 nitrogen and oxygen atoms in total. The van der Waals surface area contributed by atoms with Crippen molar-refractivity contribution in [1.82, 2.24) is 14.7 Å². The molecule has 3 rings (SSSR count). The van der Waals surface area contributed by atoms with Crippen LogP contribution in [0.15, 0.2) is 24.3 Å². The number of rotatable bonds is 5. The number of anilines is 1. The zero-order valence-corrected chi connectivity index (χ0v) is 15.0. The van der Waals surface area contributed by atoms with Crippen LogP contribution in [0.4, 0.5) is 14.9 Å². The van der Waals surface area contributed by atoms with E-state index in [-0.39, 0.29) is 24.9 Å². The van der Waals surface area contributed by atoms with Gasteiger partial charge in [0, 0.05) is 38.4 Å². The van der Waals surface area contributed by atoms with Crippen LogP contribution in [0.1, 0.15) is 13.8 Å². The van der Waals surface area contributed by atoms with Gasteiger partial charge in [-0.15, -0.1) is 0 Å². The summed E-state index contributed by atoms with van der Waals surface area (Å²) in [5, 5.41) is 0. The van der Waals surface area contributed by atoms with Crippen molar-refractivity contribution in [3.63, 3.8) is 0 Å². The SMILES string of the molecule is CC(C)CN1C(=O)C(=O)N(CN2CCN(c3ccc(F)cc3)CC2)C1=O. The number of hydrogen-bond donors (Lipinski definition) is 0. The minimum Gasteiger partial charge on any atom is -0.369 e. The van der Waals surface area contributed by atoms with E-state index in [0.717, 1.165) is 15.5 Å². The smallest absolute Gasteiger partial charge is 0.335 e. The molecule has 8 heteroatoms. The molecule has 140 valence electrons. The van der Waals surface area contributed by atoms with Crippen molar-refractivity contribution >= 4 is 23.5 Å². The summed E-state index contributed by atoms with van der Waals surface area (Å²) in [6.07, 6.45) is 0. The summed E-state index contributed by atoms with van der Waals surface area (Å²) in [7, 11) is 0. The fourth-order valence-corrected chi connectivity index (χ4v) is 3.20. The molecule has 0 atom stereocenters. The molecule has 0 radical (unpaired) electrons. The molecule has 2 aliphatic rings. The molecule has 2 aliphatic heterocycles. The first-order valence-corrected chi connectivity index (χ1v) is 8.77. The lowest BCUT2D eigenvalue weighted by atomic mass is 10.2. The average Bonchev–Trinajstić information content (AvgIpc) is 2.81. The number of benzene rings is 1. The maximum atomic E-state index is 13.0. The second kappa shape index (κ2) is 7.41. The first-order chi connectivity index (χ1) is 12.4. The number of urea groups is 1. The third-order valence-electron chi connectivity index (χ3n) is 4.59. The van der Waals surface area contributed by atoms with E-state index < -0.39 is 17.8 Å². The summed E-state index contributed by atoms with van der Waals surface area (Å²) in [5.41, 5.74) is 0.942. The van der Waals surface area contributed by atoms with E-state index in [0.29, 0.717) is 26.2 Å². The number of piperazine rings is 1. The number of carbonyl (C=O) groups excluding carboxylic acids is 3. The van der Waals surface area contributed by atoms with E-state index in [2.05, 4.69) is 4.90 Å². The van der Waals surface area contributed by atoms with Gasteiger partial charge < -0.3 is 4.90 Å². The Bertz CT molecular complexity index is 699. The fraction of sp³-hybridized carbons (Fsp3) is 0.500.